The van der Waals surface area contributed by atoms with Gasteiger partial charge in [-0.3, -0.25) is 4.90 Å². The van der Waals surface area contributed by atoms with Crippen molar-refractivity contribution < 1.29 is 18.6 Å². The summed E-state index contributed by atoms with van der Waals surface area (Å²) in [4.78, 5) is 2.14. The Morgan fingerprint density at radius 3 is 2.92 bits per heavy atom. The summed E-state index contributed by atoms with van der Waals surface area (Å²) in [5.74, 6) is 1.70. The van der Waals surface area contributed by atoms with Gasteiger partial charge in [-0.2, -0.15) is 0 Å². The van der Waals surface area contributed by atoms with Crippen LogP contribution in [0.1, 0.15) is 17.3 Å². The predicted molar refractivity (Wildman–Crippen MR) is 88.2 cm³/mol. The Balaban J connectivity index is 1.81. The van der Waals surface area contributed by atoms with Crippen LogP contribution in [0.3, 0.4) is 0 Å². The van der Waals surface area contributed by atoms with E-state index in [1.165, 1.54) is 6.07 Å². The molecule has 6 heteroatoms. The second kappa shape index (κ2) is 5.87. The van der Waals surface area contributed by atoms with Gasteiger partial charge < -0.3 is 19.5 Å². The highest BCUT2D eigenvalue weighted by Crippen LogP contribution is 2.49. The summed E-state index contributed by atoms with van der Waals surface area (Å²) >= 11 is 0. The normalized spacial score (nSPS) is 19.0. The van der Waals surface area contributed by atoms with Crippen molar-refractivity contribution in [2.24, 2.45) is 0 Å². The molecule has 24 heavy (non-hydrogen) atoms. The Hall–Kier alpha value is -2.47. The van der Waals surface area contributed by atoms with Gasteiger partial charge in [0.05, 0.1) is 12.8 Å². The fraction of sp³-hybridized carbons (Fsp3) is 0.333. The quantitative estimate of drug-likeness (QED) is 0.936. The Morgan fingerprint density at radius 2 is 2.12 bits per heavy atom. The van der Waals surface area contributed by atoms with Gasteiger partial charge in [-0.05, 0) is 37.2 Å². The van der Waals surface area contributed by atoms with Gasteiger partial charge in [-0.1, -0.05) is 12.1 Å². The molecule has 0 aliphatic carbocycles. The highest BCUT2D eigenvalue weighted by molar-refractivity contribution is 5.63. The average molecular weight is 330 g/mol. The van der Waals surface area contributed by atoms with E-state index in [0.717, 1.165) is 24.1 Å². The van der Waals surface area contributed by atoms with Crippen LogP contribution in [-0.2, 0) is 6.42 Å². The van der Waals surface area contributed by atoms with Gasteiger partial charge in [-0.25, -0.2) is 4.39 Å². The zero-order valence-corrected chi connectivity index (χ0v) is 13.6. The van der Waals surface area contributed by atoms with Crippen LogP contribution < -0.4 is 19.5 Å². The topological polar surface area (TPSA) is 43.0 Å². The number of rotatable bonds is 3. The number of hydrogen-bond donors (Lipinski definition) is 1. The lowest BCUT2D eigenvalue weighted by Crippen LogP contribution is -2.37. The summed E-state index contributed by atoms with van der Waals surface area (Å²) in [5.41, 5.74) is 2.56. The molecular formula is C18H19FN2O3. The summed E-state index contributed by atoms with van der Waals surface area (Å²) in [6.45, 7) is 1.04. The van der Waals surface area contributed by atoms with E-state index >= 15 is 0 Å². The molecule has 0 radical (unpaired) electrons. The van der Waals surface area contributed by atoms with Crippen molar-refractivity contribution in [1.29, 1.82) is 0 Å². The summed E-state index contributed by atoms with van der Waals surface area (Å²) in [6, 6.07) is 8.67. The fourth-order valence-corrected chi connectivity index (χ4v) is 3.34. The Bertz CT molecular complexity index is 781. The van der Waals surface area contributed by atoms with Crippen LogP contribution in [0.4, 0.5) is 10.1 Å². The lowest BCUT2D eigenvalue weighted by Gasteiger charge is -2.36. The van der Waals surface area contributed by atoms with Gasteiger partial charge in [0.15, 0.2) is 11.5 Å². The molecular weight excluding hydrogens is 311 g/mol. The molecule has 2 aromatic carbocycles. The number of para-hydroxylation sites is 1. The van der Waals surface area contributed by atoms with Crippen molar-refractivity contribution in [3.05, 3.63) is 47.3 Å². The molecule has 2 aromatic rings. The summed E-state index contributed by atoms with van der Waals surface area (Å²) < 4.78 is 30.8. The molecule has 2 aliphatic rings. The van der Waals surface area contributed by atoms with Gasteiger partial charge in [0.1, 0.15) is 12.0 Å². The highest BCUT2D eigenvalue weighted by atomic mass is 19.1. The van der Waals surface area contributed by atoms with E-state index in [1.54, 1.807) is 19.2 Å². The zero-order valence-electron chi connectivity index (χ0n) is 13.6. The van der Waals surface area contributed by atoms with E-state index in [-0.39, 0.29) is 18.8 Å². The number of nitrogens with zero attached hydrogens (tertiary/aromatic N) is 1. The van der Waals surface area contributed by atoms with Crippen molar-refractivity contribution in [3.63, 3.8) is 0 Å². The van der Waals surface area contributed by atoms with E-state index in [4.69, 9.17) is 14.2 Å². The van der Waals surface area contributed by atoms with E-state index in [9.17, 15) is 4.39 Å². The SMILES string of the molecule is COc1c2c(cc3c1C(Nc1ccccc1F)N(C)CC3)OCO2. The maximum absolute atomic E-state index is 14.1. The summed E-state index contributed by atoms with van der Waals surface area (Å²) in [6.07, 6.45) is 0.656. The summed E-state index contributed by atoms with van der Waals surface area (Å²) in [5, 5.41) is 3.30. The van der Waals surface area contributed by atoms with Crippen molar-refractivity contribution in [2.75, 3.05) is 32.8 Å². The molecule has 0 aromatic heterocycles. The molecule has 5 nitrogen and oxygen atoms in total. The molecule has 1 N–H and O–H groups in total. The Labute approximate surface area is 139 Å². The van der Waals surface area contributed by atoms with Crippen LogP contribution in [0.2, 0.25) is 0 Å². The maximum atomic E-state index is 14.1. The molecule has 1 unspecified atom stereocenters. The molecule has 0 amide bonds. The van der Waals surface area contributed by atoms with Crippen LogP contribution >= 0.6 is 0 Å². The van der Waals surface area contributed by atoms with Gasteiger partial charge >= 0.3 is 0 Å². The molecule has 0 saturated carbocycles. The smallest absolute Gasteiger partial charge is 0.231 e. The first kappa shape index (κ1) is 15.1. The van der Waals surface area contributed by atoms with Crippen LogP contribution in [-0.4, -0.2) is 32.4 Å². The van der Waals surface area contributed by atoms with Crippen LogP contribution in [0, 0.1) is 5.82 Å². The van der Waals surface area contributed by atoms with E-state index in [1.807, 2.05) is 19.2 Å². The largest absolute Gasteiger partial charge is 0.492 e. The predicted octanol–water partition coefficient (Wildman–Crippen LogP) is 3.16. The molecule has 2 heterocycles. The number of benzene rings is 2. The van der Waals surface area contributed by atoms with Crippen LogP contribution in [0.5, 0.6) is 17.2 Å². The number of nitrogens with one attached hydrogen (secondary N) is 1. The van der Waals surface area contributed by atoms with Gasteiger partial charge in [-0.15, -0.1) is 0 Å². The molecule has 0 bridgehead atoms. The van der Waals surface area contributed by atoms with Crippen molar-refractivity contribution in [3.8, 4) is 17.2 Å². The van der Waals surface area contributed by atoms with E-state index < -0.39 is 0 Å². The third kappa shape index (κ3) is 2.34. The lowest BCUT2D eigenvalue weighted by atomic mass is 9.94. The number of likely N-dealkylation sites (N-methyl/N-ethyl adjacent to an activating group) is 1. The minimum atomic E-state index is -0.280. The zero-order chi connectivity index (χ0) is 16.7. The van der Waals surface area contributed by atoms with Crippen molar-refractivity contribution in [2.45, 2.75) is 12.6 Å². The molecule has 126 valence electrons. The fourth-order valence-electron chi connectivity index (χ4n) is 3.34. The standard InChI is InChI=1S/C18H19FN2O3/c1-21-8-7-11-9-14-16(24-10-23-14)17(22-2)15(11)18(21)20-13-6-4-3-5-12(13)19/h3-6,9,18,20H,7-8,10H2,1-2H3. The molecule has 2 aliphatic heterocycles. The first-order valence-electron chi connectivity index (χ1n) is 7.89. The van der Waals surface area contributed by atoms with Gasteiger partial charge in [0, 0.05) is 12.1 Å². The minimum absolute atomic E-state index is 0.190. The van der Waals surface area contributed by atoms with E-state index in [2.05, 4.69) is 10.2 Å². The van der Waals surface area contributed by atoms with E-state index in [0.29, 0.717) is 22.9 Å². The second-order valence-corrected chi connectivity index (χ2v) is 5.97. The first-order chi connectivity index (χ1) is 11.7. The van der Waals surface area contributed by atoms with Gasteiger partial charge in [0.2, 0.25) is 12.5 Å². The number of anilines is 1. The lowest BCUT2D eigenvalue weighted by molar-refractivity contribution is 0.170. The second-order valence-electron chi connectivity index (χ2n) is 5.97. The van der Waals surface area contributed by atoms with Crippen LogP contribution in [0.25, 0.3) is 0 Å². The number of fused-ring (bicyclic) bond motifs is 2. The number of ether oxygens (including phenoxy) is 3. The Kier molecular flexibility index (Phi) is 3.69. The first-order valence-corrected chi connectivity index (χ1v) is 7.89. The third-order valence-corrected chi connectivity index (χ3v) is 4.56. The number of halogens is 1. The molecule has 0 spiro atoms. The minimum Gasteiger partial charge on any atom is -0.492 e. The third-order valence-electron chi connectivity index (χ3n) is 4.56. The highest BCUT2D eigenvalue weighted by Gasteiger charge is 2.34. The number of hydrogen-bond acceptors (Lipinski definition) is 5. The Morgan fingerprint density at radius 1 is 1.29 bits per heavy atom. The van der Waals surface area contributed by atoms with Crippen LogP contribution in [0.15, 0.2) is 30.3 Å². The van der Waals surface area contributed by atoms with Gasteiger partial charge in [0.25, 0.3) is 0 Å². The maximum Gasteiger partial charge on any atom is 0.231 e. The molecule has 4 rings (SSSR count). The number of methoxy groups -OCH3 is 1. The summed E-state index contributed by atoms with van der Waals surface area (Å²) in [7, 11) is 3.62. The molecule has 0 fully saturated rings. The average Bonchev–Trinajstić information content (AvgIpc) is 3.05. The molecule has 1 atom stereocenters. The monoisotopic (exact) mass is 330 g/mol. The van der Waals surface area contributed by atoms with Crippen molar-refractivity contribution in [1.82, 2.24) is 4.90 Å². The molecule has 0 saturated heterocycles. The van der Waals surface area contributed by atoms with Crippen molar-refractivity contribution >= 4 is 5.69 Å².